The molecule has 1 fully saturated rings. The highest BCUT2D eigenvalue weighted by Crippen LogP contribution is 2.47. The normalized spacial score (nSPS) is 20.6. The van der Waals surface area contributed by atoms with Gasteiger partial charge in [-0.05, 0) is 53.6 Å². The van der Waals surface area contributed by atoms with Crippen molar-refractivity contribution in [1.82, 2.24) is 10.2 Å². The Morgan fingerprint density at radius 1 is 1.15 bits per heavy atom. The molecule has 206 valence electrons. The number of amides is 3. The van der Waals surface area contributed by atoms with Crippen LogP contribution in [0.2, 0.25) is 0 Å². The Kier molecular flexibility index (Phi) is 6.83. The molecular weight excluding hydrogens is 555 g/mol. The number of anilines is 1. The number of carbonyl (C=O) groups is 3. The van der Waals surface area contributed by atoms with Crippen molar-refractivity contribution in [2.75, 3.05) is 11.9 Å². The minimum Gasteiger partial charge on any atom is -0.339 e. The monoisotopic (exact) mass is 575 g/mol. The number of hydrogen-bond acceptors (Lipinski definition) is 4. The Morgan fingerprint density at radius 3 is 2.58 bits per heavy atom. The van der Waals surface area contributed by atoms with Crippen LogP contribution in [0, 0.1) is 18.2 Å². The molecule has 3 atom stereocenters. The number of alkyl halides is 3. The van der Waals surface area contributed by atoms with Crippen LogP contribution in [0.4, 0.5) is 27.6 Å². The minimum atomic E-state index is -4.66. The number of hydrogen-bond donors (Lipinski definition) is 2. The van der Waals surface area contributed by atoms with Gasteiger partial charge in [0.15, 0.2) is 0 Å². The maximum absolute atomic E-state index is 14.1. The largest absolute Gasteiger partial charge is 0.425 e. The Balaban J connectivity index is 1.47. The Labute approximate surface area is 228 Å². The van der Waals surface area contributed by atoms with Gasteiger partial charge in [0.2, 0.25) is 5.91 Å². The first-order valence-electron chi connectivity index (χ1n) is 12.0. The van der Waals surface area contributed by atoms with E-state index in [1.54, 1.807) is 0 Å². The molecule has 13 heteroatoms. The predicted octanol–water partition coefficient (Wildman–Crippen LogP) is 4.80. The number of likely N-dealkylation sites (tertiary alicyclic amines) is 1. The number of rotatable bonds is 5. The lowest BCUT2D eigenvalue weighted by atomic mass is 9.80. The molecular formula is C27H20F5N4O3S+. The zero-order valence-electron chi connectivity index (χ0n) is 20.5. The van der Waals surface area contributed by atoms with E-state index in [0.29, 0.717) is 16.8 Å². The first-order valence-corrected chi connectivity index (χ1v) is 12.8. The molecule has 2 N–H and O–H groups in total. The molecule has 0 bridgehead atoms. The maximum Gasteiger partial charge on any atom is 0.425 e. The van der Waals surface area contributed by atoms with E-state index in [0.717, 1.165) is 18.2 Å². The van der Waals surface area contributed by atoms with E-state index in [1.807, 2.05) is 0 Å². The average Bonchev–Trinajstić information content (AvgIpc) is 3.61. The third kappa shape index (κ3) is 4.90. The lowest BCUT2D eigenvalue weighted by Gasteiger charge is -2.25. The molecule has 2 aromatic carbocycles. The third-order valence-corrected chi connectivity index (χ3v) is 8.14. The van der Waals surface area contributed by atoms with Crippen molar-refractivity contribution in [1.29, 1.82) is 0 Å². The molecule has 0 saturated carbocycles. The van der Waals surface area contributed by atoms with Crippen LogP contribution in [0.3, 0.4) is 0 Å². The summed E-state index contributed by atoms with van der Waals surface area (Å²) in [6.07, 6.45) is -5.99. The van der Waals surface area contributed by atoms with E-state index >= 15 is 0 Å². The molecule has 7 nitrogen and oxygen atoms in total. The molecule has 1 saturated heterocycles. The van der Waals surface area contributed by atoms with E-state index in [1.165, 1.54) is 41.3 Å². The molecule has 3 heterocycles. The van der Waals surface area contributed by atoms with Gasteiger partial charge in [0, 0.05) is 18.7 Å². The van der Waals surface area contributed by atoms with E-state index in [2.05, 4.69) is 15.5 Å². The van der Waals surface area contributed by atoms with Crippen molar-refractivity contribution in [2.45, 2.75) is 36.6 Å². The van der Waals surface area contributed by atoms with Gasteiger partial charge in [0.1, 0.15) is 28.0 Å². The van der Waals surface area contributed by atoms with Crippen molar-refractivity contribution in [3.63, 3.8) is 0 Å². The average molecular weight is 576 g/mol. The van der Waals surface area contributed by atoms with Crippen molar-refractivity contribution in [3.8, 4) is 6.57 Å². The fourth-order valence-electron chi connectivity index (χ4n) is 5.13. The molecule has 2 aliphatic rings. The van der Waals surface area contributed by atoms with Crippen molar-refractivity contribution >= 4 is 34.7 Å². The zero-order valence-corrected chi connectivity index (χ0v) is 21.3. The highest BCUT2D eigenvalue weighted by atomic mass is 32.1. The second-order valence-corrected chi connectivity index (χ2v) is 10.6. The number of nitrogens with one attached hydrogen (secondary N) is 2. The number of carbonyl (C=O) groups excluding carboxylic acids is 3. The van der Waals surface area contributed by atoms with Gasteiger partial charge in [0.05, 0.1) is 11.3 Å². The molecule has 1 spiro atoms. The van der Waals surface area contributed by atoms with Crippen LogP contribution >= 0.6 is 11.3 Å². The molecule has 0 aliphatic carbocycles. The molecule has 3 amide bonds. The topological polar surface area (TPSA) is 82.9 Å². The fourth-order valence-corrected chi connectivity index (χ4v) is 5.90. The summed E-state index contributed by atoms with van der Waals surface area (Å²) >= 11 is 0.208. The van der Waals surface area contributed by atoms with Crippen LogP contribution in [0.5, 0.6) is 0 Å². The summed E-state index contributed by atoms with van der Waals surface area (Å²) in [5.41, 5.74) is -0.352. The quantitative estimate of drug-likeness (QED) is 0.429. The molecule has 1 aromatic heterocycles. The summed E-state index contributed by atoms with van der Waals surface area (Å²) in [6, 6.07) is 9.39. The van der Waals surface area contributed by atoms with E-state index in [9.17, 15) is 36.3 Å². The Hall–Kier alpha value is -4.31. The van der Waals surface area contributed by atoms with Crippen LogP contribution in [0.1, 0.15) is 32.1 Å². The van der Waals surface area contributed by atoms with Gasteiger partial charge in [0.25, 0.3) is 18.4 Å². The SMILES string of the molecule is C#[N+][C@@H]1C[C@@]2(CN1C(=O)[C@H](Cc1cccc(F)c1)NC(=O)c1ccc(C(F)(F)F)s1)C(=O)Nc1ccc(F)cc12. The smallest absolute Gasteiger partial charge is 0.339 e. The number of halogens is 5. The lowest BCUT2D eigenvalue weighted by Crippen LogP contribution is -2.51. The minimum absolute atomic E-state index is 0.0714. The molecule has 5 rings (SSSR count). The number of nitrogens with zero attached hydrogens (tertiary/aromatic N) is 2. The molecule has 3 aromatic rings. The highest BCUT2D eigenvalue weighted by Gasteiger charge is 2.60. The van der Waals surface area contributed by atoms with Gasteiger partial charge in [-0.15, -0.1) is 11.3 Å². The second kappa shape index (κ2) is 10.0. The fraction of sp³-hybridized carbons (Fsp3) is 0.259. The third-order valence-electron chi connectivity index (χ3n) is 7.01. The lowest BCUT2D eigenvalue weighted by molar-refractivity contribution is -0.135. The predicted molar refractivity (Wildman–Crippen MR) is 136 cm³/mol. The zero-order chi connectivity index (χ0) is 28.8. The van der Waals surface area contributed by atoms with Gasteiger partial charge >= 0.3 is 12.3 Å². The summed E-state index contributed by atoms with van der Waals surface area (Å²) in [4.78, 5) is 43.6. The van der Waals surface area contributed by atoms with Gasteiger partial charge in [-0.25, -0.2) is 8.78 Å². The standard InChI is InChI=1S/C27H19F5N4O3S/c1-33-22-12-26(17-11-16(29)5-6-18(17)35-25(26)39)13-36(22)24(38)19(10-14-3-2-4-15(28)9-14)34-23(37)20-7-8-21(40-20)27(30,31)32/h1-9,11,19,22H,10,12-13H2,(H-,34,35,37,39)/p+1/t19-,22-,26-/m0/s1. The van der Waals surface area contributed by atoms with Gasteiger partial charge in [-0.3, -0.25) is 19.3 Å². The van der Waals surface area contributed by atoms with E-state index in [4.69, 9.17) is 6.57 Å². The number of fused-ring (bicyclic) bond motifs is 2. The van der Waals surface area contributed by atoms with Gasteiger partial charge in [-0.1, -0.05) is 17.0 Å². The molecule has 2 aliphatic heterocycles. The number of benzene rings is 2. The van der Waals surface area contributed by atoms with Crippen LogP contribution < -0.4 is 10.6 Å². The summed E-state index contributed by atoms with van der Waals surface area (Å²) in [5, 5.41) is 5.13. The second-order valence-electron chi connectivity index (χ2n) is 9.55. The van der Waals surface area contributed by atoms with Gasteiger partial charge < -0.3 is 10.6 Å². The van der Waals surface area contributed by atoms with Crippen LogP contribution in [0.15, 0.2) is 54.6 Å². The highest BCUT2D eigenvalue weighted by molar-refractivity contribution is 7.14. The van der Waals surface area contributed by atoms with Gasteiger partial charge in [-0.2, -0.15) is 13.2 Å². The summed E-state index contributed by atoms with van der Waals surface area (Å²) < 4.78 is 67.3. The van der Waals surface area contributed by atoms with Crippen LogP contribution in [-0.4, -0.2) is 41.4 Å². The van der Waals surface area contributed by atoms with E-state index < -0.39 is 58.0 Å². The summed E-state index contributed by atoms with van der Waals surface area (Å²) in [6.45, 7) is 5.34. The van der Waals surface area contributed by atoms with Crippen molar-refractivity contribution < 1.29 is 36.3 Å². The molecule has 0 radical (unpaired) electrons. The van der Waals surface area contributed by atoms with Crippen LogP contribution in [0.25, 0.3) is 4.85 Å². The molecule has 0 unspecified atom stereocenters. The molecule has 40 heavy (non-hydrogen) atoms. The van der Waals surface area contributed by atoms with Crippen molar-refractivity contribution in [3.05, 3.63) is 92.0 Å². The van der Waals surface area contributed by atoms with Crippen molar-refractivity contribution in [2.24, 2.45) is 0 Å². The first-order chi connectivity index (χ1) is 18.9. The summed E-state index contributed by atoms with van der Waals surface area (Å²) in [5.74, 6) is -3.37. The van der Waals surface area contributed by atoms with E-state index in [-0.39, 0.29) is 35.6 Å². The Morgan fingerprint density at radius 2 is 1.90 bits per heavy atom. The Bertz CT molecular complexity index is 1570. The number of thiophene rings is 1. The van der Waals surface area contributed by atoms with Crippen LogP contribution in [-0.2, 0) is 27.6 Å². The maximum atomic E-state index is 14.1. The summed E-state index contributed by atoms with van der Waals surface area (Å²) in [7, 11) is 0. The first kappa shape index (κ1) is 27.3.